The molecule has 1 aromatic heterocycles. The zero-order chi connectivity index (χ0) is 9.54. The van der Waals surface area contributed by atoms with Gasteiger partial charge in [0.05, 0.1) is 6.54 Å². The number of ether oxygens (including phenoxy) is 1. The fraction of sp³-hybridized carbons (Fsp3) is 0.556. The Balaban J connectivity index is 1.78. The van der Waals surface area contributed by atoms with E-state index in [9.17, 15) is 4.79 Å². The molecule has 3 rings (SSSR count). The number of hydrogen-bond donors (Lipinski definition) is 1. The van der Waals surface area contributed by atoms with Gasteiger partial charge in [-0.1, -0.05) is 0 Å². The number of carbonyl (C=O) groups is 1. The van der Waals surface area contributed by atoms with Gasteiger partial charge >= 0.3 is 0 Å². The van der Waals surface area contributed by atoms with Crippen LogP contribution in [0.4, 0.5) is 0 Å². The van der Waals surface area contributed by atoms with E-state index < -0.39 is 0 Å². The molecule has 0 unspecified atom stereocenters. The number of nitrogens with one attached hydrogen (secondary N) is 1. The quantitative estimate of drug-likeness (QED) is 0.728. The minimum absolute atomic E-state index is 0.0852. The van der Waals surface area contributed by atoms with E-state index in [0.29, 0.717) is 24.2 Å². The number of fused-ring (bicyclic) bond motifs is 1. The summed E-state index contributed by atoms with van der Waals surface area (Å²) in [6.07, 6.45) is 2.19. The molecule has 2 aliphatic rings. The Bertz CT molecular complexity index is 360. The Kier molecular flexibility index (Phi) is 1.53. The molecular formula is C9H11N3O2. The highest BCUT2D eigenvalue weighted by Gasteiger charge is 2.26. The largest absolute Gasteiger partial charge is 0.476 e. The van der Waals surface area contributed by atoms with Gasteiger partial charge in [0, 0.05) is 12.1 Å². The lowest BCUT2D eigenvalue weighted by Crippen LogP contribution is -2.26. The van der Waals surface area contributed by atoms with E-state index in [4.69, 9.17) is 4.74 Å². The number of rotatable bonds is 2. The summed E-state index contributed by atoms with van der Waals surface area (Å²) in [5.41, 5.74) is 0.464. The molecule has 5 nitrogen and oxygen atoms in total. The minimum Gasteiger partial charge on any atom is -0.476 e. The van der Waals surface area contributed by atoms with Crippen molar-refractivity contribution in [3.05, 3.63) is 11.8 Å². The van der Waals surface area contributed by atoms with Crippen molar-refractivity contribution in [2.24, 2.45) is 0 Å². The van der Waals surface area contributed by atoms with Crippen LogP contribution in [0.3, 0.4) is 0 Å². The Morgan fingerprint density at radius 3 is 3.21 bits per heavy atom. The van der Waals surface area contributed by atoms with Crippen molar-refractivity contribution in [1.82, 2.24) is 15.1 Å². The van der Waals surface area contributed by atoms with Gasteiger partial charge in [0.15, 0.2) is 5.69 Å². The Hall–Kier alpha value is -1.52. The first kappa shape index (κ1) is 7.84. The molecule has 0 spiro atoms. The van der Waals surface area contributed by atoms with E-state index in [1.807, 2.05) is 0 Å². The Morgan fingerprint density at radius 1 is 1.64 bits per heavy atom. The van der Waals surface area contributed by atoms with Crippen LogP contribution in [0.5, 0.6) is 5.88 Å². The molecule has 5 heteroatoms. The van der Waals surface area contributed by atoms with Gasteiger partial charge in [-0.15, -0.1) is 0 Å². The van der Waals surface area contributed by atoms with E-state index >= 15 is 0 Å². The van der Waals surface area contributed by atoms with Crippen LogP contribution in [0.15, 0.2) is 6.07 Å². The molecular weight excluding hydrogens is 182 g/mol. The topological polar surface area (TPSA) is 56.2 Å². The second-order valence-corrected chi connectivity index (χ2v) is 3.69. The summed E-state index contributed by atoms with van der Waals surface area (Å²) in [7, 11) is 0. The number of hydrogen-bond acceptors (Lipinski definition) is 3. The number of aromatic nitrogens is 2. The molecule has 0 radical (unpaired) electrons. The van der Waals surface area contributed by atoms with Crippen molar-refractivity contribution in [2.75, 3.05) is 6.61 Å². The van der Waals surface area contributed by atoms with Gasteiger partial charge < -0.3 is 10.1 Å². The zero-order valence-corrected chi connectivity index (χ0v) is 7.69. The average molecular weight is 193 g/mol. The predicted octanol–water partition coefficient (Wildman–Crippen LogP) is 0.168. The maximum absolute atomic E-state index is 11.6. The predicted molar refractivity (Wildman–Crippen MR) is 48.2 cm³/mol. The van der Waals surface area contributed by atoms with E-state index in [-0.39, 0.29) is 5.91 Å². The van der Waals surface area contributed by atoms with Gasteiger partial charge in [-0.3, -0.25) is 4.79 Å². The zero-order valence-electron chi connectivity index (χ0n) is 7.69. The van der Waals surface area contributed by atoms with Crippen molar-refractivity contribution >= 4 is 5.91 Å². The van der Waals surface area contributed by atoms with E-state index in [0.717, 1.165) is 19.4 Å². The van der Waals surface area contributed by atoms with Crippen LogP contribution in [0.25, 0.3) is 0 Å². The van der Waals surface area contributed by atoms with Crippen LogP contribution < -0.4 is 10.1 Å². The van der Waals surface area contributed by atoms with Crippen molar-refractivity contribution < 1.29 is 9.53 Å². The van der Waals surface area contributed by atoms with E-state index in [1.165, 1.54) is 0 Å². The molecule has 1 N–H and O–H groups in total. The van der Waals surface area contributed by atoms with Crippen LogP contribution in [0, 0.1) is 0 Å². The molecule has 74 valence electrons. The first-order valence-corrected chi connectivity index (χ1v) is 4.84. The van der Waals surface area contributed by atoms with Crippen molar-refractivity contribution in [1.29, 1.82) is 0 Å². The highest BCUT2D eigenvalue weighted by molar-refractivity contribution is 5.93. The highest BCUT2D eigenvalue weighted by Crippen LogP contribution is 2.21. The average Bonchev–Trinajstić information content (AvgIpc) is 2.73. The second kappa shape index (κ2) is 2.73. The SMILES string of the molecule is O=C(NC1CC1)c1cc2n(n1)CCO2. The van der Waals surface area contributed by atoms with Crippen LogP contribution in [-0.2, 0) is 6.54 Å². The molecule has 1 aliphatic carbocycles. The normalized spacial score (nSPS) is 18.9. The molecule has 1 amide bonds. The molecule has 0 aromatic carbocycles. The van der Waals surface area contributed by atoms with Crippen LogP contribution in [0.2, 0.25) is 0 Å². The lowest BCUT2D eigenvalue weighted by molar-refractivity contribution is 0.0945. The molecule has 1 aromatic rings. The maximum atomic E-state index is 11.6. The van der Waals surface area contributed by atoms with Gasteiger partial charge in [-0.25, -0.2) is 4.68 Å². The van der Waals surface area contributed by atoms with Gasteiger partial charge in [-0.2, -0.15) is 5.10 Å². The standard InChI is InChI=1S/C9H11N3O2/c13-9(10-6-1-2-6)7-5-8-12(11-7)3-4-14-8/h5-6H,1-4H2,(H,10,13). The Labute approximate surface area is 81.0 Å². The summed E-state index contributed by atoms with van der Waals surface area (Å²) in [4.78, 5) is 11.6. The molecule has 0 saturated heterocycles. The van der Waals surface area contributed by atoms with E-state index in [1.54, 1.807) is 10.7 Å². The summed E-state index contributed by atoms with van der Waals surface area (Å²) in [6, 6.07) is 2.07. The maximum Gasteiger partial charge on any atom is 0.272 e. The van der Waals surface area contributed by atoms with Gasteiger partial charge in [0.25, 0.3) is 5.91 Å². The second-order valence-electron chi connectivity index (χ2n) is 3.69. The Morgan fingerprint density at radius 2 is 2.50 bits per heavy atom. The fourth-order valence-corrected chi connectivity index (χ4v) is 1.51. The number of amides is 1. The molecule has 2 heterocycles. The summed E-state index contributed by atoms with van der Waals surface area (Å²) in [5, 5.41) is 7.04. The van der Waals surface area contributed by atoms with Crippen molar-refractivity contribution in [3.63, 3.8) is 0 Å². The molecule has 1 saturated carbocycles. The van der Waals surface area contributed by atoms with Gasteiger partial charge in [0.1, 0.15) is 6.61 Å². The first-order valence-electron chi connectivity index (χ1n) is 4.84. The van der Waals surface area contributed by atoms with Crippen LogP contribution in [-0.4, -0.2) is 28.3 Å². The fourth-order valence-electron chi connectivity index (χ4n) is 1.51. The molecule has 0 atom stereocenters. The first-order chi connectivity index (χ1) is 6.83. The summed E-state index contributed by atoms with van der Waals surface area (Å²) in [6.45, 7) is 1.40. The van der Waals surface area contributed by atoms with Crippen LogP contribution in [0.1, 0.15) is 23.3 Å². The van der Waals surface area contributed by atoms with Crippen molar-refractivity contribution in [3.8, 4) is 5.88 Å². The monoisotopic (exact) mass is 193 g/mol. The third kappa shape index (κ3) is 1.25. The van der Waals surface area contributed by atoms with Crippen LogP contribution >= 0.6 is 0 Å². The highest BCUT2D eigenvalue weighted by atomic mass is 16.5. The lowest BCUT2D eigenvalue weighted by atomic mass is 10.4. The van der Waals surface area contributed by atoms with Gasteiger partial charge in [-0.05, 0) is 12.8 Å². The third-order valence-electron chi connectivity index (χ3n) is 2.44. The van der Waals surface area contributed by atoms with Gasteiger partial charge in [0.2, 0.25) is 5.88 Å². The summed E-state index contributed by atoms with van der Waals surface area (Å²) < 4.78 is 6.99. The molecule has 14 heavy (non-hydrogen) atoms. The smallest absolute Gasteiger partial charge is 0.272 e. The number of carbonyl (C=O) groups excluding carboxylic acids is 1. The summed E-state index contributed by atoms with van der Waals surface area (Å²) >= 11 is 0. The lowest BCUT2D eigenvalue weighted by Gasteiger charge is -1.98. The molecule has 1 fully saturated rings. The molecule has 0 bridgehead atoms. The molecule has 1 aliphatic heterocycles. The van der Waals surface area contributed by atoms with Crippen molar-refractivity contribution in [2.45, 2.75) is 25.4 Å². The van der Waals surface area contributed by atoms with E-state index in [2.05, 4.69) is 10.4 Å². The summed E-state index contributed by atoms with van der Waals surface area (Å²) in [5.74, 6) is 0.615. The minimum atomic E-state index is -0.0852. The third-order valence-corrected chi connectivity index (χ3v) is 2.44. The number of nitrogens with zero attached hydrogens (tertiary/aromatic N) is 2.